The van der Waals surface area contributed by atoms with Crippen LogP contribution in [0.1, 0.15) is 27.0 Å². The lowest BCUT2D eigenvalue weighted by Crippen LogP contribution is -2.23. The molecule has 0 atom stereocenters. The molecule has 0 radical (unpaired) electrons. The molecule has 0 saturated carbocycles. The number of hydrogen-bond donors (Lipinski definition) is 3. The molecule has 35 heavy (non-hydrogen) atoms. The zero-order valence-corrected chi connectivity index (χ0v) is 19.7. The van der Waals surface area contributed by atoms with Gasteiger partial charge in [0.1, 0.15) is 0 Å². The van der Waals surface area contributed by atoms with Crippen molar-refractivity contribution in [3.05, 3.63) is 100 Å². The SMILES string of the molecule is Cc1ccccc1CNC(=O)c1ccc(Nc2ncc3c(n2)-c2ccc(Cl)cc2NC(=O)C3)cc1. The van der Waals surface area contributed by atoms with Gasteiger partial charge in [-0.15, -0.1) is 0 Å². The number of carbonyl (C=O) groups is 2. The summed E-state index contributed by atoms with van der Waals surface area (Å²) in [5.74, 6) is 0.0946. The quantitative estimate of drug-likeness (QED) is 0.359. The van der Waals surface area contributed by atoms with Gasteiger partial charge in [0.2, 0.25) is 11.9 Å². The van der Waals surface area contributed by atoms with Crippen LogP contribution in [0.25, 0.3) is 11.3 Å². The second-order valence-electron chi connectivity index (χ2n) is 8.29. The Hall–Kier alpha value is -4.23. The van der Waals surface area contributed by atoms with Gasteiger partial charge in [-0.25, -0.2) is 9.97 Å². The van der Waals surface area contributed by atoms with Crippen molar-refractivity contribution in [3.63, 3.8) is 0 Å². The lowest BCUT2D eigenvalue weighted by atomic mass is 10.1. The summed E-state index contributed by atoms with van der Waals surface area (Å²) in [6.07, 6.45) is 1.83. The standard InChI is InChI=1S/C27H22ClN5O2/c1-16-4-2-3-5-18(16)14-29-26(35)17-6-9-21(10-7-17)31-27-30-15-19-12-24(34)32-23-13-20(28)8-11-22(23)25(19)33-27/h2-11,13,15H,12,14H2,1H3,(H,29,35)(H,32,34)(H,30,31,33). The van der Waals surface area contributed by atoms with Crippen LogP contribution in [0, 0.1) is 6.92 Å². The maximum absolute atomic E-state index is 12.6. The van der Waals surface area contributed by atoms with Crippen molar-refractivity contribution in [2.45, 2.75) is 19.9 Å². The van der Waals surface area contributed by atoms with Gasteiger partial charge in [-0.05, 0) is 60.5 Å². The molecule has 2 heterocycles. The molecular weight excluding hydrogens is 462 g/mol. The molecule has 0 fully saturated rings. The van der Waals surface area contributed by atoms with E-state index in [1.54, 1.807) is 42.6 Å². The zero-order chi connectivity index (χ0) is 24.4. The second kappa shape index (κ2) is 9.56. The number of rotatable bonds is 5. The molecule has 5 rings (SSSR count). The molecule has 0 unspecified atom stereocenters. The van der Waals surface area contributed by atoms with Gasteiger partial charge in [0, 0.05) is 40.1 Å². The first-order valence-electron chi connectivity index (χ1n) is 11.1. The average molecular weight is 484 g/mol. The Labute approximate surface area is 207 Å². The summed E-state index contributed by atoms with van der Waals surface area (Å²) in [4.78, 5) is 33.9. The number of benzene rings is 3. The molecule has 2 amide bonds. The van der Waals surface area contributed by atoms with Crippen molar-refractivity contribution in [1.29, 1.82) is 0 Å². The van der Waals surface area contributed by atoms with Crippen molar-refractivity contribution in [2.75, 3.05) is 10.6 Å². The summed E-state index contributed by atoms with van der Waals surface area (Å²) >= 11 is 6.11. The zero-order valence-electron chi connectivity index (χ0n) is 18.9. The molecule has 4 aromatic rings. The summed E-state index contributed by atoms with van der Waals surface area (Å²) in [7, 11) is 0. The van der Waals surface area contributed by atoms with Crippen molar-refractivity contribution < 1.29 is 9.59 Å². The molecule has 7 nitrogen and oxygen atoms in total. The third-order valence-electron chi connectivity index (χ3n) is 5.83. The number of anilines is 3. The molecule has 0 bridgehead atoms. The summed E-state index contributed by atoms with van der Waals surface area (Å²) in [6.45, 7) is 2.49. The van der Waals surface area contributed by atoms with Gasteiger partial charge in [-0.2, -0.15) is 0 Å². The van der Waals surface area contributed by atoms with Gasteiger partial charge in [-0.1, -0.05) is 35.9 Å². The highest BCUT2D eigenvalue weighted by Crippen LogP contribution is 2.34. The van der Waals surface area contributed by atoms with E-state index in [2.05, 4.69) is 25.9 Å². The number of fused-ring (bicyclic) bond motifs is 3. The predicted octanol–water partition coefficient (Wildman–Crippen LogP) is 5.27. The molecule has 0 saturated heterocycles. The smallest absolute Gasteiger partial charge is 0.251 e. The minimum atomic E-state index is -0.145. The van der Waals surface area contributed by atoms with E-state index in [0.29, 0.717) is 34.5 Å². The predicted molar refractivity (Wildman–Crippen MR) is 137 cm³/mol. The van der Waals surface area contributed by atoms with Gasteiger partial charge < -0.3 is 16.0 Å². The Balaban J connectivity index is 1.32. The maximum Gasteiger partial charge on any atom is 0.251 e. The van der Waals surface area contributed by atoms with E-state index in [9.17, 15) is 9.59 Å². The lowest BCUT2D eigenvalue weighted by molar-refractivity contribution is -0.115. The number of amides is 2. The average Bonchev–Trinajstić information content (AvgIpc) is 2.98. The largest absolute Gasteiger partial charge is 0.348 e. The van der Waals surface area contributed by atoms with E-state index >= 15 is 0 Å². The van der Waals surface area contributed by atoms with Crippen LogP contribution in [0.2, 0.25) is 5.02 Å². The Kier molecular flexibility index (Phi) is 6.16. The highest BCUT2D eigenvalue weighted by Gasteiger charge is 2.21. The number of halogens is 1. The molecule has 8 heteroatoms. The van der Waals surface area contributed by atoms with E-state index in [-0.39, 0.29) is 18.2 Å². The topological polar surface area (TPSA) is 96.0 Å². The van der Waals surface area contributed by atoms with Crippen LogP contribution in [-0.2, 0) is 17.8 Å². The molecule has 1 aliphatic heterocycles. The Bertz CT molecular complexity index is 1440. The molecule has 0 spiro atoms. The molecule has 1 aliphatic rings. The van der Waals surface area contributed by atoms with Crippen molar-refractivity contribution in [3.8, 4) is 11.3 Å². The van der Waals surface area contributed by atoms with Crippen LogP contribution < -0.4 is 16.0 Å². The summed E-state index contributed by atoms with van der Waals surface area (Å²) in [5.41, 5.74) is 6.31. The van der Waals surface area contributed by atoms with E-state index in [4.69, 9.17) is 11.6 Å². The number of aryl methyl sites for hydroxylation is 1. The fraction of sp³-hybridized carbons (Fsp3) is 0.111. The van der Waals surface area contributed by atoms with Crippen LogP contribution >= 0.6 is 11.6 Å². The minimum Gasteiger partial charge on any atom is -0.348 e. The van der Waals surface area contributed by atoms with E-state index in [1.165, 1.54) is 0 Å². The molecule has 1 aromatic heterocycles. The van der Waals surface area contributed by atoms with Crippen LogP contribution in [-0.4, -0.2) is 21.8 Å². The Morgan fingerprint density at radius 1 is 1.09 bits per heavy atom. The van der Waals surface area contributed by atoms with E-state index in [1.807, 2.05) is 37.3 Å². The monoisotopic (exact) mass is 483 g/mol. The first kappa shape index (κ1) is 22.6. The van der Waals surface area contributed by atoms with Gasteiger partial charge >= 0.3 is 0 Å². The minimum absolute atomic E-state index is 0.145. The highest BCUT2D eigenvalue weighted by atomic mass is 35.5. The molecule has 3 aromatic carbocycles. The van der Waals surface area contributed by atoms with Gasteiger partial charge in [-0.3, -0.25) is 9.59 Å². The number of aromatic nitrogens is 2. The first-order valence-corrected chi connectivity index (χ1v) is 11.5. The van der Waals surface area contributed by atoms with Crippen molar-refractivity contribution in [2.24, 2.45) is 0 Å². The number of hydrogen-bond acceptors (Lipinski definition) is 5. The van der Waals surface area contributed by atoms with Crippen LogP contribution in [0.5, 0.6) is 0 Å². The van der Waals surface area contributed by atoms with Crippen molar-refractivity contribution in [1.82, 2.24) is 15.3 Å². The fourth-order valence-electron chi connectivity index (χ4n) is 3.94. The fourth-order valence-corrected chi connectivity index (χ4v) is 4.12. The van der Waals surface area contributed by atoms with Gasteiger partial charge in [0.05, 0.1) is 17.8 Å². The van der Waals surface area contributed by atoms with Gasteiger partial charge in [0.25, 0.3) is 5.91 Å². The third-order valence-corrected chi connectivity index (χ3v) is 6.07. The molecular formula is C27H22ClN5O2. The van der Waals surface area contributed by atoms with Crippen LogP contribution in [0.4, 0.5) is 17.3 Å². The van der Waals surface area contributed by atoms with Crippen LogP contribution in [0.3, 0.4) is 0 Å². The molecule has 0 aliphatic carbocycles. The lowest BCUT2D eigenvalue weighted by Gasteiger charge is -2.11. The maximum atomic E-state index is 12.6. The second-order valence-corrected chi connectivity index (χ2v) is 8.73. The number of carbonyl (C=O) groups excluding carboxylic acids is 2. The van der Waals surface area contributed by atoms with Gasteiger partial charge in [0.15, 0.2) is 0 Å². The van der Waals surface area contributed by atoms with Crippen LogP contribution in [0.15, 0.2) is 72.9 Å². The number of nitrogens with one attached hydrogen (secondary N) is 3. The first-order chi connectivity index (χ1) is 17.0. The Morgan fingerprint density at radius 2 is 1.89 bits per heavy atom. The molecule has 174 valence electrons. The van der Waals surface area contributed by atoms with E-state index in [0.717, 1.165) is 27.9 Å². The summed E-state index contributed by atoms with van der Waals surface area (Å²) in [5, 5.41) is 9.53. The Morgan fingerprint density at radius 3 is 2.69 bits per heavy atom. The highest BCUT2D eigenvalue weighted by molar-refractivity contribution is 6.31. The normalized spacial score (nSPS) is 12.1. The molecule has 3 N–H and O–H groups in total. The van der Waals surface area contributed by atoms with E-state index < -0.39 is 0 Å². The number of nitrogens with zero attached hydrogens (tertiary/aromatic N) is 2. The van der Waals surface area contributed by atoms with Crippen molar-refractivity contribution >= 4 is 40.7 Å². The summed E-state index contributed by atoms with van der Waals surface area (Å²) < 4.78 is 0. The summed E-state index contributed by atoms with van der Waals surface area (Å²) in [6, 6.07) is 20.4. The third kappa shape index (κ3) is 5.00.